The van der Waals surface area contributed by atoms with Gasteiger partial charge in [0.15, 0.2) is 17.5 Å². The smallest absolute Gasteiger partial charge is 0.239 e. The molecule has 1 aromatic rings. The number of nitrogens with one attached hydrogen (secondary N) is 2. The standard InChI is InChI=1S/C22H37N5O3/c1-17(30-20-12-7-6-11-19(20)29-5)16-25-22(23-2)24-13-9-15-27-14-8-10-18(27)21(28)26(3)4/h6-7,11-12,17-18H,8-10,13-16H2,1-5H3,(H2,23,24,25). The Bertz CT molecular complexity index is 695. The summed E-state index contributed by atoms with van der Waals surface area (Å²) in [5.41, 5.74) is 0. The second-order valence-electron chi connectivity index (χ2n) is 7.74. The monoisotopic (exact) mass is 419 g/mol. The van der Waals surface area contributed by atoms with Crippen molar-refractivity contribution in [3.63, 3.8) is 0 Å². The highest BCUT2D eigenvalue weighted by Crippen LogP contribution is 2.26. The fraction of sp³-hybridized carbons (Fsp3) is 0.636. The Hall–Kier alpha value is -2.48. The van der Waals surface area contributed by atoms with E-state index >= 15 is 0 Å². The quantitative estimate of drug-likeness (QED) is 0.341. The molecule has 2 unspecified atom stereocenters. The molecular weight excluding hydrogens is 382 g/mol. The van der Waals surface area contributed by atoms with Crippen LogP contribution in [0.25, 0.3) is 0 Å². The average Bonchev–Trinajstić information content (AvgIpc) is 3.21. The molecule has 2 rings (SSSR count). The van der Waals surface area contributed by atoms with Gasteiger partial charge in [-0.15, -0.1) is 0 Å². The summed E-state index contributed by atoms with van der Waals surface area (Å²) in [6, 6.07) is 7.66. The van der Waals surface area contributed by atoms with E-state index in [2.05, 4.69) is 20.5 Å². The van der Waals surface area contributed by atoms with Crippen molar-refractivity contribution in [2.24, 2.45) is 4.99 Å². The van der Waals surface area contributed by atoms with Crippen LogP contribution in [-0.4, -0.2) is 88.2 Å². The van der Waals surface area contributed by atoms with Crippen LogP contribution in [0.2, 0.25) is 0 Å². The number of hydrogen-bond donors (Lipinski definition) is 2. The summed E-state index contributed by atoms with van der Waals surface area (Å²) in [7, 11) is 7.05. The number of rotatable bonds is 10. The number of methoxy groups -OCH3 is 1. The third kappa shape index (κ3) is 7.09. The number of hydrogen-bond acceptors (Lipinski definition) is 5. The maximum absolute atomic E-state index is 12.3. The van der Waals surface area contributed by atoms with Crippen LogP contribution in [-0.2, 0) is 4.79 Å². The summed E-state index contributed by atoms with van der Waals surface area (Å²) in [5.74, 6) is 2.40. The van der Waals surface area contributed by atoms with Crippen molar-refractivity contribution < 1.29 is 14.3 Å². The number of ether oxygens (including phenoxy) is 2. The molecule has 0 aromatic heterocycles. The van der Waals surface area contributed by atoms with Gasteiger partial charge in [-0.05, 0) is 44.9 Å². The third-order valence-corrected chi connectivity index (χ3v) is 5.18. The number of nitrogens with zero attached hydrogens (tertiary/aromatic N) is 3. The fourth-order valence-electron chi connectivity index (χ4n) is 3.60. The minimum Gasteiger partial charge on any atom is -0.493 e. The van der Waals surface area contributed by atoms with Crippen LogP contribution in [0.4, 0.5) is 0 Å². The minimum absolute atomic E-state index is 0.0328. The number of likely N-dealkylation sites (tertiary alicyclic amines) is 1. The van der Waals surface area contributed by atoms with Crippen LogP contribution in [0.1, 0.15) is 26.2 Å². The van der Waals surface area contributed by atoms with E-state index in [0.717, 1.165) is 56.4 Å². The lowest BCUT2D eigenvalue weighted by molar-refractivity contribution is -0.133. The van der Waals surface area contributed by atoms with Gasteiger partial charge in [0, 0.05) is 34.2 Å². The number of amides is 1. The van der Waals surface area contributed by atoms with Gasteiger partial charge in [-0.25, -0.2) is 0 Å². The number of likely N-dealkylation sites (N-methyl/N-ethyl adjacent to an activating group) is 1. The van der Waals surface area contributed by atoms with Gasteiger partial charge in [-0.1, -0.05) is 12.1 Å². The number of carbonyl (C=O) groups is 1. The minimum atomic E-state index is -0.0535. The zero-order valence-corrected chi connectivity index (χ0v) is 19.0. The highest BCUT2D eigenvalue weighted by atomic mass is 16.5. The zero-order chi connectivity index (χ0) is 21.9. The Labute approximate surface area is 180 Å². The molecule has 0 spiro atoms. The van der Waals surface area contributed by atoms with Crippen molar-refractivity contribution in [3.05, 3.63) is 24.3 Å². The fourth-order valence-corrected chi connectivity index (χ4v) is 3.60. The first kappa shape index (κ1) is 23.8. The molecule has 0 bridgehead atoms. The number of aliphatic imine (C=N–C) groups is 1. The Morgan fingerprint density at radius 3 is 2.70 bits per heavy atom. The van der Waals surface area contributed by atoms with E-state index in [0.29, 0.717) is 6.54 Å². The highest BCUT2D eigenvalue weighted by Gasteiger charge is 2.30. The lowest BCUT2D eigenvalue weighted by atomic mass is 10.2. The molecule has 2 atom stereocenters. The summed E-state index contributed by atoms with van der Waals surface area (Å²) in [6.07, 6.45) is 2.94. The summed E-state index contributed by atoms with van der Waals surface area (Å²) in [4.78, 5) is 20.5. The second-order valence-corrected chi connectivity index (χ2v) is 7.74. The molecule has 2 N–H and O–H groups in total. The Morgan fingerprint density at radius 1 is 1.30 bits per heavy atom. The van der Waals surface area contributed by atoms with Gasteiger partial charge < -0.3 is 25.0 Å². The normalized spacial score (nSPS) is 18.0. The first-order valence-corrected chi connectivity index (χ1v) is 10.7. The van der Waals surface area contributed by atoms with Crippen molar-refractivity contribution >= 4 is 11.9 Å². The van der Waals surface area contributed by atoms with E-state index in [1.54, 1.807) is 19.1 Å². The van der Waals surface area contributed by atoms with Gasteiger partial charge in [0.25, 0.3) is 0 Å². The van der Waals surface area contributed by atoms with Crippen molar-refractivity contribution in [2.75, 3.05) is 54.4 Å². The number of carbonyl (C=O) groups excluding carboxylic acids is 1. The van der Waals surface area contributed by atoms with Crippen molar-refractivity contribution in [1.82, 2.24) is 20.4 Å². The van der Waals surface area contributed by atoms with Crippen LogP contribution < -0.4 is 20.1 Å². The molecule has 1 aliphatic heterocycles. The lowest BCUT2D eigenvalue weighted by Gasteiger charge is -2.26. The molecule has 0 saturated carbocycles. The van der Waals surface area contributed by atoms with Gasteiger partial charge in [0.05, 0.1) is 19.7 Å². The molecule has 1 aromatic carbocycles. The topological polar surface area (TPSA) is 78.4 Å². The molecule has 1 aliphatic rings. The van der Waals surface area contributed by atoms with E-state index < -0.39 is 0 Å². The summed E-state index contributed by atoms with van der Waals surface area (Å²) in [5, 5.41) is 6.63. The Balaban J connectivity index is 1.69. The van der Waals surface area contributed by atoms with E-state index in [9.17, 15) is 4.79 Å². The van der Waals surface area contributed by atoms with E-state index in [1.165, 1.54) is 0 Å². The van der Waals surface area contributed by atoms with Crippen molar-refractivity contribution in [3.8, 4) is 11.5 Å². The van der Waals surface area contributed by atoms with Crippen LogP contribution in [0.3, 0.4) is 0 Å². The second kappa shape index (κ2) is 12.3. The van der Waals surface area contributed by atoms with Crippen LogP contribution >= 0.6 is 0 Å². The molecule has 1 amide bonds. The molecule has 8 nitrogen and oxygen atoms in total. The molecular formula is C22H37N5O3. The lowest BCUT2D eigenvalue weighted by Crippen LogP contribution is -2.44. The highest BCUT2D eigenvalue weighted by molar-refractivity contribution is 5.81. The van der Waals surface area contributed by atoms with Gasteiger partial charge in [-0.3, -0.25) is 14.7 Å². The molecule has 168 valence electrons. The first-order valence-electron chi connectivity index (χ1n) is 10.7. The van der Waals surface area contributed by atoms with Gasteiger partial charge in [-0.2, -0.15) is 0 Å². The summed E-state index contributed by atoms with van der Waals surface area (Å²) in [6.45, 7) is 5.31. The van der Waals surface area contributed by atoms with Crippen LogP contribution in [0.5, 0.6) is 11.5 Å². The molecule has 8 heteroatoms. The Kier molecular flexibility index (Phi) is 9.73. The predicted octanol–water partition coefficient (Wildman–Crippen LogP) is 1.57. The van der Waals surface area contributed by atoms with Gasteiger partial charge >= 0.3 is 0 Å². The zero-order valence-electron chi connectivity index (χ0n) is 19.0. The number of guanidine groups is 1. The predicted molar refractivity (Wildman–Crippen MR) is 120 cm³/mol. The van der Waals surface area contributed by atoms with E-state index in [-0.39, 0.29) is 18.1 Å². The van der Waals surface area contributed by atoms with Crippen molar-refractivity contribution in [2.45, 2.75) is 38.3 Å². The van der Waals surface area contributed by atoms with E-state index in [1.807, 2.05) is 45.3 Å². The maximum Gasteiger partial charge on any atom is 0.239 e. The molecule has 1 fully saturated rings. The van der Waals surface area contributed by atoms with E-state index in [4.69, 9.17) is 9.47 Å². The Morgan fingerprint density at radius 2 is 2.03 bits per heavy atom. The first-order chi connectivity index (χ1) is 14.5. The maximum atomic E-state index is 12.3. The SMILES string of the molecule is CN=C(NCCCN1CCCC1C(=O)N(C)C)NCC(C)Oc1ccccc1OC. The number of benzene rings is 1. The average molecular weight is 420 g/mol. The van der Waals surface area contributed by atoms with Crippen molar-refractivity contribution in [1.29, 1.82) is 0 Å². The summed E-state index contributed by atoms with van der Waals surface area (Å²) < 4.78 is 11.3. The molecule has 30 heavy (non-hydrogen) atoms. The third-order valence-electron chi connectivity index (χ3n) is 5.18. The summed E-state index contributed by atoms with van der Waals surface area (Å²) >= 11 is 0. The van der Waals surface area contributed by atoms with Crippen LogP contribution in [0.15, 0.2) is 29.3 Å². The van der Waals surface area contributed by atoms with Gasteiger partial charge in [0.1, 0.15) is 6.10 Å². The largest absolute Gasteiger partial charge is 0.493 e. The molecule has 1 saturated heterocycles. The number of para-hydroxylation sites is 2. The molecule has 0 radical (unpaired) electrons. The van der Waals surface area contributed by atoms with Crippen LogP contribution in [0, 0.1) is 0 Å². The van der Waals surface area contributed by atoms with Gasteiger partial charge in [0.2, 0.25) is 5.91 Å². The molecule has 0 aliphatic carbocycles. The molecule has 1 heterocycles.